The molecule has 6 nitrogen and oxygen atoms in total. The first-order chi connectivity index (χ1) is 18.0. The zero-order chi connectivity index (χ0) is 27.3. The lowest BCUT2D eigenvalue weighted by molar-refractivity contribution is -0.124. The van der Waals surface area contributed by atoms with Crippen LogP contribution in [0.1, 0.15) is 62.0 Å². The molecule has 1 saturated heterocycles. The van der Waals surface area contributed by atoms with E-state index in [9.17, 15) is 14.9 Å². The lowest BCUT2D eigenvalue weighted by Gasteiger charge is -2.46. The molecule has 1 aliphatic rings. The van der Waals surface area contributed by atoms with Crippen LogP contribution in [0, 0.1) is 11.3 Å². The van der Waals surface area contributed by atoms with Crippen LogP contribution in [-0.2, 0) is 11.2 Å². The first kappa shape index (κ1) is 27.1. The third kappa shape index (κ3) is 6.87. The molecular weight excluding hydrogens is 472 g/mol. The molecule has 196 valence electrons. The highest BCUT2D eigenvalue weighted by Crippen LogP contribution is 2.28. The average molecular weight is 509 g/mol. The molecule has 0 aliphatic carbocycles. The third-order valence-corrected chi connectivity index (χ3v) is 6.95. The molecular formula is C32H36N4O2. The smallest absolute Gasteiger partial charge is 0.253 e. The van der Waals surface area contributed by atoms with E-state index in [2.05, 4.69) is 61.8 Å². The summed E-state index contributed by atoms with van der Waals surface area (Å²) in [6.07, 6.45) is 1.90. The maximum absolute atomic E-state index is 13.6. The summed E-state index contributed by atoms with van der Waals surface area (Å²) in [5, 5.41) is 19.2. The number of nitrogens with one attached hydrogen (secondary N) is 3. The van der Waals surface area contributed by atoms with E-state index in [0.717, 1.165) is 29.5 Å². The molecule has 6 heteroatoms. The molecule has 2 amide bonds. The van der Waals surface area contributed by atoms with Gasteiger partial charge in [-0.05, 0) is 69.4 Å². The number of nitrogens with zero attached hydrogens (tertiary/aromatic N) is 1. The van der Waals surface area contributed by atoms with Gasteiger partial charge in [0.05, 0.1) is 17.2 Å². The van der Waals surface area contributed by atoms with Crippen molar-refractivity contribution >= 4 is 11.8 Å². The van der Waals surface area contributed by atoms with Gasteiger partial charge in [-0.25, -0.2) is 0 Å². The quantitative estimate of drug-likeness (QED) is 0.419. The summed E-state index contributed by atoms with van der Waals surface area (Å²) in [6, 6.07) is 26.0. The van der Waals surface area contributed by atoms with Crippen LogP contribution in [0.5, 0.6) is 0 Å². The number of hydrogen-bond donors (Lipinski definition) is 3. The first-order valence-corrected chi connectivity index (χ1v) is 13.1. The highest BCUT2D eigenvalue weighted by Gasteiger charge is 2.39. The van der Waals surface area contributed by atoms with E-state index < -0.39 is 11.9 Å². The Kier molecular flexibility index (Phi) is 7.99. The normalized spacial score (nSPS) is 17.1. The molecule has 1 unspecified atom stereocenters. The Morgan fingerprint density at radius 3 is 2.11 bits per heavy atom. The number of nitriles is 1. The highest BCUT2D eigenvalue weighted by atomic mass is 16.2. The van der Waals surface area contributed by atoms with Crippen LogP contribution >= 0.6 is 0 Å². The zero-order valence-electron chi connectivity index (χ0n) is 22.5. The van der Waals surface area contributed by atoms with Crippen molar-refractivity contribution in [1.82, 2.24) is 16.0 Å². The van der Waals surface area contributed by atoms with Gasteiger partial charge < -0.3 is 16.0 Å². The van der Waals surface area contributed by atoms with Crippen molar-refractivity contribution in [2.75, 3.05) is 0 Å². The molecule has 3 aromatic rings. The molecule has 0 saturated carbocycles. The van der Waals surface area contributed by atoms with E-state index >= 15 is 0 Å². The molecule has 38 heavy (non-hydrogen) atoms. The van der Waals surface area contributed by atoms with Gasteiger partial charge in [-0.2, -0.15) is 5.26 Å². The van der Waals surface area contributed by atoms with Gasteiger partial charge in [0.25, 0.3) is 5.91 Å². The second-order valence-corrected chi connectivity index (χ2v) is 11.5. The van der Waals surface area contributed by atoms with E-state index in [1.54, 1.807) is 24.3 Å². The summed E-state index contributed by atoms with van der Waals surface area (Å²) in [5.74, 6) is -0.660. The van der Waals surface area contributed by atoms with Gasteiger partial charge in [-0.15, -0.1) is 0 Å². The van der Waals surface area contributed by atoms with Crippen molar-refractivity contribution in [2.24, 2.45) is 0 Å². The number of carbonyl (C=O) groups excluding carboxylic acids is 2. The lowest BCUT2D eigenvalue weighted by atomic mass is 9.79. The van der Waals surface area contributed by atoms with Crippen molar-refractivity contribution < 1.29 is 9.59 Å². The van der Waals surface area contributed by atoms with Gasteiger partial charge in [0.15, 0.2) is 0 Å². The predicted octanol–water partition coefficient (Wildman–Crippen LogP) is 4.99. The number of benzene rings is 3. The zero-order valence-corrected chi connectivity index (χ0v) is 22.5. The van der Waals surface area contributed by atoms with Crippen LogP contribution in [0.25, 0.3) is 11.1 Å². The molecule has 0 bridgehead atoms. The molecule has 1 aliphatic heterocycles. The minimum absolute atomic E-state index is 0.0278. The molecule has 1 atom stereocenters. The highest BCUT2D eigenvalue weighted by molar-refractivity contribution is 5.99. The minimum Gasteiger partial charge on any atom is -0.351 e. The second kappa shape index (κ2) is 11.2. The van der Waals surface area contributed by atoms with E-state index in [1.165, 1.54) is 0 Å². The fourth-order valence-corrected chi connectivity index (χ4v) is 5.65. The van der Waals surface area contributed by atoms with Crippen molar-refractivity contribution in [2.45, 2.75) is 70.1 Å². The largest absolute Gasteiger partial charge is 0.351 e. The monoisotopic (exact) mass is 508 g/mol. The van der Waals surface area contributed by atoms with Crippen molar-refractivity contribution in [3.8, 4) is 17.2 Å². The SMILES string of the molecule is CC1(C)CC(NC(=O)C(Cc2ccc(-c3ccccc3)cc2)NC(=O)c2ccccc2C#N)CC(C)(C)N1. The van der Waals surface area contributed by atoms with Gasteiger partial charge in [0, 0.05) is 23.5 Å². The number of amides is 2. The van der Waals surface area contributed by atoms with Gasteiger partial charge in [-0.3, -0.25) is 9.59 Å². The predicted molar refractivity (Wildman–Crippen MR) is 150 cm³/mol. The van der Waals surface area contributed by atoms with E-state index in [-0.39, 0.29) is 34.2 Å². The molecule has 0 aromatic heterocycles. The molecule has 4 rings (SSSR count). The van der Waals surface area contributed by atoms with Gasteiger partial charge in [0.2, 0.25) is 5.91 Å². The van der Waals surface area contributed by atoms with E-state index in [0.29, 0.717) is 6.42 Å². The summed E-state index contributed by atoms with van der Waals surface area (Å²) in [7, 11) is 0. The topological polar surface area (TPSA) is 94.0 Å². The van der Waals surface area contributed by atoms with Gasteiger partial charge >= 0.3 is 0 Å². The van der Waals surface area contributed by atoms with E-state index in [4.69, 9.17) is 0 Å². The number of carbonyl (C=O) groups is 2. The summed E-state index contributed by atoms with van der Waals surface area (Å²) in [6.45, 7) is 8.55. The Morgan fingerprint density at radius 2 is 1.47 bits per heavy atom. The van der Waals surface area contributed by atoms with E-state index in [1.807, 2.05) is 42.5 Å². The maximum atomic E-state index is 13.6. The average Bonchev–Trinajstić information content (AvgIpc) is 2.87. The minimum atomic E-state index is -0.794. The Labute approximate surface area is 225 Å². The van der Waals surface area contributed by atoms with Crippen molar-refractivity contribution in [3.05, 3.63) is 95.6 Å². The Balaban J connectivity index is 1.56. The number of hydrogen-bond acceptors (Lipinski definition) is 4. The fourth-order valence-electron chi connectivity index (χ4n) is 5.65. The summed E-state index contributed by atoms with van der Waals surface area (Å²) < 4.78 is 0. The van der Waals surface area contributed by atoms with Crippen molar-refractivity contribution in [3.63, 3.8) is 0 Å². The fraction of sp³-hybridized carbons (Fsp3) is 0.344. The van der Waals surface area contributed by atoms with Crippen LogP contribution in [0.2, 0.25) is 0 Å². The molecule has 0 radical (unpaired) electrons. The first-order valence-electron chi connectivity index (χ1n) is 13.1. The van der Waals surface area contributed by atoms with Crippen LogP contribution in [0.4, 0.5) is 0 Å². The molecule has 3 aromatic carbocycles. The summed E-state index contributed by atoms with van der Waals surface area (Å²) in [5.41, 5.74) is 3.42. The second-order valence-electron chi connectivity index (χ2n) is 11.5. The third-order valence-electron chi connectivity index (χ3n) is 6.95. The van der Waals surface area contributed by atoms with Gasteiger partial charge in [0.1, 0.15) is 6.04 Å². The standard InChI is InChI=1S/C32H36N4O2/c1-31(2)19-26(20-32(3,4)36-31)34-30(38)28(35-29(37)27-13-9-8-12-25(27)21-33)18-22-14-16-24(17-15-22)23-10-6-5-7-11-23/h5-17,26,28,36H,18-20H2,1-4H3,(H,34,38)(H,35,37). The Morgan fingerprint density at radius 1 is 0.895 bits per heavy atom. The molecule has 1 fully saturated rings. The van der Waals surface area contributed by atoms with Crippen LogP contribution in [0.15, 0.2) is 78.9 Å². The van der Waals surface area contributed by atoms with Crippen LogP contribution in [-0.4, -0.2) is 35.0 Å². The molecule has 3 N–H and O–H groups in total. The molecule has 0 spiro atoms. The van der Waals surface area contributed by atoms with Crippen LogP contribution < -0.4 is 16.0 Å². The Bertz CT molecular complexity index is 1310. The molecule has 1 heterocycles. The maximum Gasteiger partial charge on any atom is 0.253 e. The van der Waals surface area contributed by atoms with Crippen LogP contribution in [0.3, 0.4) is 0 Å². The lowest BCUT2D eigenvalue weighted by Crippen LogP contribution is -2.63. The summed E-state index contributed by atoms with van der Waals surface area (Å²) >= 11 is 0. The number of rotatable bonds is 7. The Hall–Kier alpha value is -3.95. The number of piperidine rings is 1. The van der Waals surface area contributed by atoms with Crippen molar-refractivity contribution in [1.29, 1.82) is 5.26 Å². The van der Waals surface area contributed by atoms with Gasteiger partial charge in [-0.1, -0.05) is 66.7 Å². The summed E-state index contributed by atoms with van der Waals surface area (Å²) in [4.78, 5) is 26.9.